The summed E-state index contributed by atoms with van der Waals surface area (Å²) >= 11 is 0. The number of rotatable bonds is 8. The monoisotopic (exact) mass is 461 g/mol. The molecule has 10 heteroatoms. The fraction of sp³-hybridized carbons (Fsp3) is 0.478. The zero-order valence-corrected chi connectivity index (χ0v) is 18.7. The van der Waals surface area contributed by atoms with Crippen molar-refractivity contribution in [2.45, 2.75) is 6.92 Å². The first-order valence-electron chi connectivity index (χ1n) is 11.1. The van der Waals surface area contributed by atoms with Gasteiger partial charge >= 0.3 is 0 Å². The van der Waals surface area contributed by atoms with Gasteiger partial charge in [-0.15, -0.1) is 0 Å². The number of ether oxygens (including phenoxy) is 3. The van der Waals surface area contributed by atoms with Crippen molar-refractivity contribution in [1.82, 2.24) is 9.88 Å². The molecule has 1 N–H and O–H groups in total. The molecule has 4 rings (SSSR count). The van der Waals surface area contributed by atoms with Gasteiger partial charge in [-0.2, -0.15) is 13.9 Å². The summed E-state index contributed by atoms with van der Waals surface area (Å²) in [6.45, 7) is 7.29. The van der Waals surface area contributed by atoms with Gasteiger partial charge in [0.05, 0.1) is 32.6 Å². The summed E-state index contributed by atoms with van der Waals surface area (Å²) in [6, 6.07) is 7.70. The van der Waals surface area contributed by atoms with Crippen LogP contribution in [0.2, 0.25) is 0 Å². The Hall–Kier alpha value is -2.82. The number of hydrogen-bond donors (Lipinski definition) is 1. The van der Waals surface area contributed by atoms with Crippen molar-refractivity contribution in [2.75, 3.05) is 76.1 Å². The third-order valence-electron chi connectivity index (χ3n) is 5.52. The second-order valence-corrected chi connectivity index (χ2v) is 7.93. The highest BCUT2D eigenvalue weighted by atomic mass is 19.1. The molecule has 0 radical (unpaired) electrons. The van der Waals surface area contributed by atoms with E-state index in [-0.39, 0.29) is 18.2 Å². The second kappa shape index (κ2) is 11.4. The smallest absolute Gasteiger partial charge is 0.212 e. The standard InChI is InChI=1S/C23H29F2N5O3/c1-17-3-2-4-18(15-17)16-26-28-22-19(24)21(33-14-7-29-5-10-31-11-6-29)20(25)23(27-22)30-8-12-32-13-9-30/h2-4,15-16H,5-14H2,1H3,(H,27,28)/b26-16+. The maximum Gasteiger partial charge on any atom is 0.212 e. The molecular weight excluding hydrogens is 432 g/mol. The van der Waals surface area contributed by atoms with Crippen LogP contribution in [-0.4, -0.2) is 81.9 Å². The van der Waals surface area contributed by atoms with Gasteiger partial charge in [-0.3, -0.25) is 10.3 Å². The van der Waals surface area contributed by atoms with Crippen LogP contribution >= 0.6 is 0 Å². The number of hydrogen-bond acceptors (Lipinski definition) is 8. The first kappa shape index (κ1) is 23.3. The SMILES string of the molecule is Cc1cccc(/C=N/Nc2nc(N3CCOCC3)c(F)c(OCCN3CCOCC3)c2F)c1. The Morgan fingerprint density at radius 1 is 1.09 bits per heavy atom. The molecule has 0 amide bonds. The van der Waals surface area contributed by atoms with Crippen LogP contribution in [0.1, 0.15) is 11.1 Å². The highest BCUT2D eigenvalue weighted by Gasteiger charge is 2.26. The summed E-state index contributed by atoms with van der Waals surface area (Å²) in [4.78, 5) is 8.05. The normalized spacial score (nSPS) is 17.5. The summed E-state index contributed by atoms with van der Waals surface area (Å²) in [6.07, 6.45) is 1.56. The summed E-state index contributed by atoms with van der Waals surface area (Å²) in [5.41, 5.74) is 4.55. The Morgan fingerprint density at radius 2 is 1.82 bits per heavy atom. The van der Waals surface area contributed by atoms with Crippen molar-refractivity contribution < 1.29 is 23.0 Å². The molecule has 0 aliphatic carbocycles. The van der Waals surface area contributed by atoms with Crippen molar-refractivity contribution in [1.29, 1.82) is 0 Å². The van der Waals surface area contributed by atoms with Crippen molar-refractivity contribution >= 4 is 17.9 Å². The number of morpholine rings is 2. The largest absolute Gasteiger partial charge is 0.486 e. The lowest BCUT2D eigenvalue weighted by molar-refractivity contribution is 0.0318. The van der Waals surface area contributed by atoms with Crippen LogP contribution in [0, 0.1) is 18.6 Å². The average Bonchev–Trinajstić information content (AvgIpc) is 2.84. The van der Waals surface area contributed by atoms with Gasteiger partial charge in [-0.1, -0.05) is 29.8 Å². The summed E-state index contributed by atoms with van der Waals surface area (Å²) in [5, 5.41) is 4.10. The van der Waals surface area contributed by atoms with Crippen LogP contribution in [-0.2, 0) is 9.47 Å². The van der Waals surface area contributed by atoms with E-state index in [1.54, 1.807) is 11.1 Å². The third kappa shape index (κ3) is 6.16. The third-order valence-corrected chi connectivity index (χ3v) is 5.52. The molecule has 2 aromatic rings. The molecule has 1 aromatic heterocycles. The molecule has 0 bridgehead atoms. The molecule has 0 saturated carbocycles. The van der Waals surface area contributed by atoms with Crippen LogP contribution in [0.4, 0.5) is 20.4 Å². The first-order valence-corrected chi connectivity index (χ1v) is 11.1. The van der Waals surface area contributed by atoms with Crippen LogP contribution in [0.5, 0.6) is 5.75 Å². The molecular formula is C23H29F2N5O3. The zero-order valence-electron chi connectivity index (χ0n) is 18.7. The lowest BCUT2D eigenvalue weighted by Gasteiger charge is -2.29. The Morgan fingerprint density at radius 3 is 2.55 bits per heavy atom. The molecule has 2 fully saturated rings. The number of nitrogens with one attached hydrogen (secondary N) is 1. The predicted octanol–water partition coefficient (Wildman–Crippen LogP) is 2.66. The first-order chi connectivity index (χ1) is 16.1. The number of nitrogens with zero attached hydrogens (tertiary/aromatic N) is 4. The van der Waals surface area contributed by atoms with Crippen molar-refractivity contribution in [3.8, 4) is 5.75 Å². The topological polar surface area (TPSA) is 71.5 Å². The molecule has 0 spiro atoms. The Balaban J connectivity index is 1.54. The minimum absolute atomic E-state index is 0.0225. The molecule has 1 aromatic carbocycles. The van der Waals surface area contributed by atoms with Crippen molar-refractivity contribution in [3.63, 3.8) is 0 Å². The van der Waals surface area contributed by atoms with Crippen LogP contribution in [0.3, 0.4) is 0 Å². The van der Waals surface area contributed by atoms with Crippen LogP contribution in [0.25, 0.3) is 0 Å². The highest BCUT2D eigenvalue weighted by Crippen LogP contribution is 2.33. The van der Waals surface area contributed by atoms with Gasteiger partial charge in [-0.05, 0) is 12.5 Å². The minimum atomic E-state index is -0.909. The maximum atomic E-state index is 15.3. The zero-order chi connectivity index (χ0) is 23.0. The van der Waals surface area contributed by atoms with E-state index in [0.717, 1.165) is 24.2 Å². The molecule has 2 saturated heterocycles. The fourth-order valence-corrected chi connectivity index (χ4v) is 3.71. The van der Waals surface area contributed by atoms with Gasteiger partial charge in [-0.25, -0.2) is 4.98 Å². The fourth-order valence-electron chi connectivity index (χ4n) is 3.71. The van der Waals surface area contributed by atoms with Crippen LogP contribution < -0.4 is 15.1 Å². The van der Waals surface area contributed by atoms with Gasteiger partial charge in [0.2, 0.25) is 11.6 Å². The molecule has 2 aliphatic heterocycles. The summed E-state index contributed by atoms with van der Waals surface area (Å²) < 4.78 is 46.8. The van der Waals surface area contributed by atoms with Crippen molar-refractivity contribution in [2.24, 2.45) is 5.10 Å². The van der Waals surface area contributed by atoms with E-state index in [2.05, 4.69) is 20.4 Å². The number of aryl methyl sites for hydroxylation is 1. The van der Waals surface area contributed by atoms with E-state index in [9.17, 15) is 0 Å². The maximum absolute atomic E-state index is 15.3. The number of pyridine rings is 1. The molecule has 3 heterocycles. The second-order valence-electron chi connectivity index (χ2n) is 7.93. The predicted molar refractivity (Wildman–Crippen MR) is 122 cm³/mol. The number of aromatic nitrogens is 1. The molecule has 178 valence electrons. The van der Waals surface area contributed by atoms with Crippen molar-refractivity contribution in [3.05, 3.63) is 47.0 Å². The van der Waals surface area contributed by atoms with Gasteiger partial charge in [0.1, 0.15) is 6.61 Å². The van der Waals surface area contributed by atoms with Crippen LogP contribution in [0.15, 0.2) is 29.4 Å². The number of benzene rings is 1. The minimum Gasteiger partial charge on any atom is -0.486 e. The number of anilines is 2. The molecule has 8 nitrogen and oxygen atoms in total. The van der Waals surface area contributed by atoms with E-state index < -0.39 is 17.4 Å². The van der Waals surface area contributed by atoms with E-state index in [1.807, 2.05) is 31.2 Å². The number of hydrazone groups is 1. The lowest BCUT2D eigenvalue weighted by atomic mass is 10.2. The van der Waals surface area contributed by atoms with E-state index in [0.29, 0.717) is 46.1 Å². The average molecular weight is 462 g/mol. The Bertz CT molecular complexity index is 963. The van der Waals surface area contributed by atoms with Gasteiger partial charge < -0.3 is 19.1 Å². The Kier molecular flexibility index (Phi) is 8.03. The molecule has 2 aliphatic rings. The molecule has 0 unspecified atom stereocenters. The molecule has 33 heavy (non-hydrogen) atoms. The summed E-state index contributed by atoms with van der Waals surface area (Å²) in [7, 11) is 0. The van der Waals surface area contributed by atoms with E-state index >= 15 is 8.78 Å². The van der Waals surface area contributed by atoms with E-state index in [1.165, 1.54) is 0 Å². The Labute approximate surface area is 192 Å². The van der Waals surface area contributed by atoms with Gasteiger partial charge in [0, 0.05) is 32.7 Å². The summed E-state index contributed by atoms with van der Waals surface area (Å²) in [5.74, 6) is -2.34. The number of halogens is 2. The quantitative estimate of drug-likeness (QED) is 0.479. The van der Waals surface area contributed by atoms with Gasteiger partial charge in [0.25, 0.3) is 0 Å². The highest BCUT2D eigenvalue weighted by molar-refractivity contribution is 5.80. The van der Waals surface area contributed by atoms with Gasteiger partial charge in [0.15, 0.2) is 17.4 Å². The lowest BCUT2D eigenvalue weighted by Crippen LogP contribution is -2.39. The molecule has 0 atom stereocenters. The van der Waals surface area contributed by atoms with E-state index in [4.69, 9.17) is 14.2 Å².